The molecule has 1 heterocycles. The lowest BCUT2D eigenvalue weighted by Crippen LogP contribution is -2.54. The van der Waals surface area contributed by atoms with Gasteiger partial charge in [0, 0.05) is 22.5 Å². The van der Waals surface area contributed by atoms with Crippen LogP contribution in [0.5, 0.6) is 0 Å². The number of carbonyl (C=O) groups excluding carboxylic acids is 2. The van der Waals surface area contributed by atoms with Crippen LogP contribution in [0.3, 0.4) is 0 Å². The van der Waals surface area contributed by atoms with E-state index in [-0.39, 0.29) is 29.9 Å². The highest BCUT2D eigenvalue weighted by Gasteiger charge is 2.40. The van der Waals surface area contributed by atoms with Crippen molar-refractivity contribution in [1.29, 1.82) is 0 Å². The van der Waals surface area contributed by atoms with Crippen LogP contribution in [0, 0.1) is 5.92 Å². The average Bonchev–Trinajstić information content (AvgIpc) is 2.77. The lowest BCUT2D eigenvalue weighted by atomic mass is 9.82. The van der Waals surface area contributed by atoms with Crippen LogP contribution in [0.15, 0.2) is 54.3 Å². The monoisotopic (exact) mass is 458 g/mol. The number of morpholine rings is 1. The highest BCUT2D eigenvalue weighted by atomic mass is 35.5. The molecule has 4 rings (SSSR count). The number of carbonyl (C=O) groups is 2. The molecule has 2 amide bonds. The SMILES string of the molecule is O=C1NC2CC(C(=O)NCCc3ccc(Cl)cc3)CCC2O/C1=C\c1ccc(Cl)cc1. The predicted molar refractivity (Wildman–Crippen MR) is 122 cm³/mol. The Bertz CT molecular complexity index is 973. The molecule has 1 saturated heterocycles. The van der Waals surface area contributed by atoms with E-state index in [1.54, 1.807) is 18.2 Å². The van der Waals surface area contributed by atoms with Crippen molar-refractivity contribution in [2.75, 3.05) is 6.54 Å². The lowest BCUT2D eigenvalue weighted by molar-refractivity contribution is -0.134. The Hall–Kier alpha value is -2.50. The molecule has 7 heteroatoms. The van der Waals surface area contributed by atoms with Gasteiger partial charge >= 0.3 is 0 Å². The van der Waals surface area contributed by atoms with Crippen LogP contribution in [0.25, 0.3) is 6.08 Å². The third kappa shape index (κ3) is 5.60. The Morgan fingerprint density at radius 1 is 1.06 bits per heavy atom. The number of fused-ring (bicyclic) bond motifs is 1. The van der Waals surface area contributed by atoms with E-state index in [1.807, 2.05) is 36.4 Å². The summed E-state index contributed by atoms with van der Waals surface area (Å²) in [5.41, 5.74) is 1.98. The second-order valence-electron chi connectivity index (χ2n) is 7.97. The summed E-state index contributed by atoms with van der Waals surface area (Å²) in [6.07, 6.45) is 4.39. The van der Waals surface area contributed by atoms with Crippen LogP contribution in [-0.2, 0) is 20.7 Å². The average molecular weight is 459 g/mol. The molecule has 2 aromatic carbocycles. The molecule has 1 saturated carbocycles. The van der Waals surface area contributed by atoms with E-state index in [0.29, 0.717) is 28.8 Å². The molecule has 0 radical (unpaired) electrons. The number of halogens is 2. The Balaban J connectivity index is 1.29. The molecule has 2 aliphatic rings. The van der Waals surface area contributed by atoms with Crippen LogP contribution in [0.2, 0.25) is 10.0 Å². The minimum absolute atomic E-state index is 0.0316. The molecule has 2 N–H and O–H groups in total. The maximum absolute atomic E-state index is 12.6. The Morgan fingerprint density at radius 3 is 2.45 bits per heavy atom. The standard InChI is InChI=1S/C24H24Cl2N2O3/c25-18-6-1-15(2-7-18)11-12-27-23(29)17-5-10-21-20(14-17)28-24(30)22(31-21)13-16-3-8-19(26)9-4-16/h1-4,6-9,13,17,20-21H,5,10-12,14H2,(H,27,29)(H,28,30)/b22-13-. The van der Waals surface area contributed by atoms with Crippen molar-refractivity contribution in [2.24, 2.45) is 5.92 Å². The molecule has 1 aliphatic carbocycles. The van der Waals surface area contributed by atoms with E-state index >= 15 is 0 Å². The fraction of sp³-hybridized carbons (Fsp3) is 0.333. The maximum atomic E-state index is 12.6. The first kappa shape index (κ1) is 21.7. The molecule has 0 spiro atoms. The molecule has 1 aliphatic heterocycles. The molecular weight excluding hydrogens is 435 g/mol. The number of amides is 2. The zero-order valence-electron chi connectivity index (χ0n) is 16.9. The highest BCUT2D eigenvalue weighted by Crippen LogP contribution is 2.31. The summed E-state index contributed by atoms with van der Waals surface area (Å²) in [5.74, 6) is -0.0456. The third-order valence-corrected chi connectivity index (χ3v) is 6.27. The zero-order valence-corrected chi connectivity index (χ0v) is 18.5. The second-order valence-corrected chi connectivity index (χ2v) is 8.85. The Kier molecular flexibility index (Phi) is 6.83. The van der Waals surface area contributed by atoms with Crippen LogP contribution < -0.4 is 10.6 Å². The van der Waals surface area contributed by atoms with Crippen molar-refractivity contribution in [2.45, 2.75) is 37.8 Å². The molecule has 0 bridgehead atoms. The number of rotatable bonds is 5. The van der Waals surface area contributed by atoms with Gasteiger partial charge in [-0.3, -0.25) is 9.59 Å². The summed E-state index contributed by atoms with van der Waals surface area (Å²) in [6, 6.07) is 14.7. The van der Waals surface area contributed by atoms with E-state index < -0.39 is 0 Å². The van der Waals surface area contributed by atoms with Gasteiger partial charge in [0.25, 0.3) is 5.91 Å². The smallest absolute Gasteiger partial charge is 0.286 e. The van der Waals surface area contributed by atoms with Gasteiger partial charge in [-0.15, -0.1) is 0 Å². The number of ether oxygens (including phenoxy) is 1. The topological polar surface area (TPSA) is 67.4 Å². The van der Waals surface area contributed by atoms with Gasteiger partial charge in [-0.1, -0.05) is 47.5 Å². The first-order valence-corrected chi connectivity index (χ1v) is 11.2. The van der Waals surface area contributed by atoms with Crippen molar-refractivity contribution < 1.29 is 14.3 Å². The summed E-state index contributed by atoms with van der Waals surface area (Å²) in [7, 11) is 0. The number of hydrogen-bond acceptors (Lipinski definition) is 3. The Labute approximate surface area is 191 Å². The van der Waals surface area contributed by atoms with Gasteiger partial charge in [-0.05, 0) is 67.2 Å². The van der Waals surface area contributed by atoms with Gasteiger partial charge in [0.2, 0.25) is 5.91 Å². The van der Waals surface area contributed by atoms with E-state index in [4.69, 9.17) is 27.9 Å². The van der Waals surface area contributed by atoms with E-state index in [2.05, 4.69) is 10.6 Å². The minimum Gasteiger partial charge on any atom is -0.483 e. The predicted octanol–water partition coefficient (Wildman–Crippen LogP) is 4.38. The molecule has 5 nitrogen and oxygen atoms in total. The number of hydrogen-bond donors (Lipinski definition) is 2. The third-order valence-electron chi connectivity index (χ3n) is 5.77. The van der Waals surface area contributed by atoms with E-state index in [9.17, 15) is 9.59 Å². The van der Waals surface area contributed by atoms with E-state index in [1.165, 1.54) is 0 Å². The van der Waals surface area contributed by atoms with Gasteiger partial charge in [0.15, 0.2) is 5.76 Å². The molecule has 3 atom stereocenters. The van der Waals surface area contributed by atoms with Crippen molar-refractivity contribution in [1.82, 2.24) is 10.6 Å². The minimum atomic E-state index is -0.250. The molecule has 162 valence electrons. The van der Waals surface area contributed by atoms with Crippen molar-refractivity contribution in [3.63, 3.8) is 0 Å². The highest BCUT2D eigenvalue weighted by molar-refractivity contribution is 6.30. The van der Waals surface area contributed by atoms with Gasteiger partial charge in [-0.25, -0.2) is 0 Å². The van der Waals surface area contributed by atoms with Gasteiger partial charge in [0.05, 0.1) is 6.04 Å². The van der Waals surface area contributed by atoms with Crippen LogP contribution in [0.4, 0.5) is 0 Å². The quantitative estimate of drug-likeness (QED) is 0.653. The summed E-state index contributed by atoms with van der Waals surface area (Å²) < 4.78 is 5.99. The summed E-state index contributed by atoms with van der Waals surface area (Å²) in [6.45, 7) is 0.571. The Morgan fingerprint density at radius 2 is 1.74 bits per heavy atom. The number of nitrogens with one attached hydrogen (secondary N) is 2. The molecular formula is C24H24Cl2N2O3. The maximum Gasteiger partial charge on any atom is 0.286 e. The molecule has 31 heavy (non-hydrogen) atoms. The molecule has 2 aromatic rings. The van der Waals surface area contributed by atoms with Crippen molar-refractivity contribution >= 4 is 41.1 Å². The number of benzene rings is 2. The van der Waals surface area contributed by atoms with Crippen molar-refractivity contribution in [3.8, 4) is 0 Å². The normalized spacial score (nSPS) is 24.1. The van der Waals surface area contributed by atoms with Crippen LogP contribution in [0.1, 0.15) is 30.4 Å². The summed E-state index contributed by atoms with van der Waals surface area (Å²) >= 11 is 11.8. The summed E-state index contributed by atoms with van der Waals surface area (Å²) in [5, 5.41) is 7.38. The van der Waals surface area contributed by atoms with Gasteiger partial charge in [0.1, 0.15) is 6.10 Å². The van der Waals surface area contributed by atoms with Crippen LogP contribution in [-0.4, -0.2) is 30.5 Å². The lowest BCUT2D eigenvalue weighted by Gasteiger charge is -2.39. The largest absolute Gasteiger partial charge is 0.483 e. The van der Waals surface area contributed by atoms with E-state index in [0.717, 1.165) is 30.4 Å². The van der Waals surface area contributed by atoms with Gasteiger partial charge < -0.3 is 15.4 Å². The van der Waals surface area contributed by atoms with Crippen LogP contribution >= 0.6 is 23.2 Å². The molecule has 0 aromatic heterocycles. The zero-order chi connectivity index (χ0) is 21.8. The van der Waals surface area contributed by atoms with Gasteiger partial charge in [-0.2, -0.15) is 0 Å². The fourth-order valence-electron chi connectivity index (χ4n) is 4.07. The van der Waals surface area contributed by atoms with Crippen molar-refractivity contribution in [3.05, 3.63) is 75.5 Å². The fourth-order valence-corrected chi connectivity index (χ4v) is 4.32. The molecule has 3 unspecified atom stereocenters. The summed E-state index contributed by atoms with van der Waals surface area (Å²) in [4.78, 5) is 25.1. The molecule has 2 fully saturated rings. The second kappa shape index (κ2) is 9.75. The first-order valence-electron chi connectivity index (χ1n) is 10.4. The first-order chi connectivity index (χ1) is 15.0.